The number of fused-ring (bicyclic) bond motifs is 1. The Bertz CT molecular complexity index is 685. The molecule has 1 aliphatic heterocycles. The molecule has 0 fully saturated rings. The van der Waals surface area contributed by atoms with Gasteiger partial charge in [0.1, 0.15) is 6.61 Å². The van der Waals surface area contributed by atoms with E-state index < -0.39 is 0 Å². The SMILES string of the molecule is Cl.NCCc1c[nH]c(=S)n1[C@@H]1COc2c(F)cccc2C1. The Labute approximate surface area is 133 Å². The van der Waals surface area contributed by atoms with Crippen LogP contribution in [0, 0.1) is 10.6 Å². The zero-order valence-corrected chi connectivity index (χ0v) is 13.0. The Morgan fingerprint density at radius 2 is 2.29 bits per heavy atom. The van der Waals surface area contributed by atoms with Crippen LogP contribution in [0.25, 0.3) is 0 Å². The van der Waals surface area contributed by atoms with Crippen LogP contribution in [0.2, 0.25) is 0 Å². The highest BCUT2D eigenvalue weighted by atomic mass is 35.5. The lowest BCUT2D eigenvalue weighted by molar-refractivity contribution is 0.211. The van der Waals surface area contributed by atoms with Crippen LogP contribution in [0.1, 0.15) is 17.3 Å². The van der Waals surface area contributed by atoms with Crippen LogP contribution >= 0.6 is 24.6 Å². The van der Waals surface area contributed by atoms with Crippen molar-refractivity contribution < 1.29 is 9.13 Å². The van der Waals surface area contributed by atoms with E-state index in [4.69, 9.17) is 22.7 Å². The summed E-state index contributed by atoms with van der Waals surface area (Å²) >= 11 is 5.33. The number of benzene rings is 1. The first-order valence-corrected chi connectivity index (χ1v) is 7.00. The van der Waals surface area contributed by atoms with Crippen molar-refractivity contribution in [2.45, 2.75) is 18.9 Å². The second kappa shape index (κ2) is 6.60. The van der Waals surface area contributed by atoms with Crippen molar-refractivity contribution in [2.24, 2.45) is 5.73 Å². The van der Waals surface area contributed by atoms with Gasteiger partial charge in [-0.2, -0.15) is 0 Å². The lowest BCUT2D eigenvalue weighted by Crippen LogP contribution is -2.26. The van der Waals surface area contributed by atoms with Gasteiger partial charge in [0, 0.05) is 24.7 Å². The maximum absolute atomic E-state index is 13.6. The summed E-state index contributed by atoms with van der Waals surface area (Å²) < 4.78 is 21.9. The average molecular weight is 330 g/mol. The first kappa shape index (κ1) is 16.0. The maximum atomic E-state index is 13.6. The molecule has 1 aromatic heterocycles. The third-order valence-electron chi connectivity index (χ3n) is 3.58. The fourth-order valence-corrected chi connectivity index (χ4v) is 3.01. The number of hydrogen-bond acceptors (Lipinski definition) is 3. The summed E-state index contributed by atoms with van der Waals surface area (Å²) in [6.45, 7) is 0.975. The summed E-state index contributed by atoms with van der Waals surface area (Å²) in [5.41, 5.74) is 7.56. The Balaban J connectivity index is 0.00000161. The van der Waals surface area contributed by atoms with Crippen LogP contribution in [0.4, 0.5) is 4.39 Å². The van der Waals surface area contributed by atoms with Gasteiger partial charge in [-0.25, -0.2) is 4.39 Å². The lowest BCUT2D eigenvalue weighted by Gasteiger charge is -2.27. The predicted molar refractivity (Wildman–Crippen MR) is 84.3 cm³/mol. The third kappa shape index (κ3) is 2.97. The molecule has 2 aromatic rings. The van der Waals surface area contributed by atoms with Gasteiger partial charge in [0.15, 0.2) is 16.3 Å². The molecule has 0 amide bonds. The first-order valence-electron chi connectivity index (χ1n) is 6.59. The van der Waals surface area contributed by atoms with E-state index >= 15 is 0 Å². The Hall–Kier alpha value is -1.37. The van der Waals surface area contributed by atoms with E-state index in [1.807, 2.05) is 16.8 Å². The molecule has 2 heterocycles. The van der Waals surface area contributed by atoms with Gasteiger partial charge in [-0.15, -0.1) is 12.4 Å². The van der Waals surface area contributed by atoms with E-state index in [1.165, 1.54) is 6.07 Å². The van der Waals surface area contributed by atoms with Crippen LogP contribution in [0.3, 0.4) is 0 Å². The second-order valence-electron chi connectivity index (χ2n) is 4.89. The molecule has 114 valence electrons. The van der Waals surface area contributed by atoms with Crippen LogP contribution in [-0.2, 0) is 12.8 Å². The highest BCUT2D eigenvalue weighted by molar-refractivity contribution is 7.71. The summed E-state index contributed by atoms with van der Waals surface area (Å²) in [6, 6.07) is 5.09. The highest BCUT2D eigenvalue weighted by Crippen LogP contribution is 2.32. The smallest absolute Gasteiger partial charge is 0.177 e. The predicted octanol–water partition coefficient (Wildman–Crippen LogP) is 2.78. The number of ether oxygens (including phenoxy) is 1. The average Bonchev–Trinajstić information content (AvgIpc) is 2.80. The quantitative estimate of drug-likeness (QED) is 0.851. The largest absolute Gasteiger partial charge is 0.488 e. The monoisotopic (exact) mass is 329 g/mol. The van der Waals surface area contributed by atoms with Gasteiger partial charge in [0.05, 0.1) is 6.04 Å². The minimum atomic E-state index is -0.305. The Morgan fingerprint density at radius 3 is 3.05 bits per heavy atom. The van der Waals surface area contributed by atoms with Crippen molar-refractivity contribution in [3.8, 4) is 5.75 Å². The van der Waals surface area contributed by atoms with E-state index in [1.54, 1.807) is 6.07 Å². The zero-order valence-electron chi connectivity index (χ0n) is 11.3. The van der Waals surface area contributed by atoms with Crippen LogP contribution < -0.4 is 10.5 Å². The van der Waals surface area contributed by atoms with Gasteiger partial charge in [0.25, 0.3) is 0 Å². The number of hydrogen-bond donors (Lipinski definition) is 2. The van der Waals surface area contributed by atoms with Gasteiger partial charge in [0.2, 0.25) is 0 Å². The standard InChI is InChI=1S/C14H16FN3OS.ClH/c15-12-3-1-2-9-6-11(8-19-13(9)12)18-10(4-5-16)7-17-14(18)20;/h1-3,7,11H,4-6,8,16H2,(H,17,20);1H/t11-;/m0./s1. The molecule has 3 N–H and O–H groups in total. The number of nitrogens with two attached hydrogens (primary N) is 1. The molecular formula is C14H17ClFN3OS. The van der Waals surface area contributed by atoms with E-state index in [0.29, 0.717) is 30.1 Å². The van der Waals surface area contributed by atoms with Crippen LogP contribution in [0.5, 0.6) is 5.75 Å². The van der Waals surface area contributed by atoms with Gasteiger partial charge < -0.3 is 20.0 Å². The van der Waals surface area contributed by atoms with Crippen molar-refractivity contribution in [3.05, 3.63) is 46.2 Å². The lowest BCUT2D eigenvalue weighted by atomic mass is 10.0. The van der Waals surface area contributed by atoms with Gasteiger partial charge >= 0.3 is 0 Å². The second-order valence-corrected chi connectivity index (χ2v) is 5.28. The highest BCUT2D eigenvalue weighted by Gasteiger charge is 2.25. The number of nitrogens with zero attached hydrogens (tertiary/aromatic N) is 1. The molecule has 4 nitrogen and oxygen atoms in total. The fraction of sp³-hybridized carbons (Fsp3) is 0.357. The molecule has 0 radical (unpaired) electrons. The van der Waals surface area contributed by atoms with Gasteiger partial charge in [-0.05, 0) is 30.4 Å². The van der Waals surface area contributed by atoms with E-state index in [2.05, 4.69) is 4.98 Å². The number of para-hydroxylation sites is 1. The number of imidazole rings is 1. The Morgan fingerprint density at radius 1 is 1.48 bits per heavy atom. The van der Waals surface area contributed by atoms with E-state index in [0.717, 1.165) is 17.7 Å². The molecule has 1 aromatic carbocycles. The molecule has 21 heavy (non-hydrogen) atoms. The molecular weight excluding hydrogens is 313 g/mol. The van der Waals surface area contributed by atoms with E-state index in [-0.39, 0.29) is 24.3 Å². The van der Waals surface area contributed by atoms with Gasteiger partial charge in [-0.1, -0.05) is 12.1 Å². The third-order valence-corrected chi connectivity index (χ3v) is 3.89. The number of halogens is 2. The Kier molecular flexibility index (Phi) is 5.03. The summed E-state index contributed by atoms with van der Waals surface area (Å²) in [5.74, 6) is 0.0620. The number of aromatic nitrogens is 2. The summed E-state index contributed by atoms with van der Waals surface area (Å²) in [4.78, 5) is 3.05. The van der Waals surface area contributed by atoms with Crippen LogP contribution in [-0.4, -0.2) is 22.7 Å². The van der Waals surface area contributed by atoms with Crippen molar-refractivity contribution in [1.29, 1.82) is 0 Å². The topological polar surface area (TPSA) is 56.0 Å². The molecule has 0 unspecified atom stereocenters. The molecule has 0 saturated heterocycles. The molecule has 0 aliphatic carbocycles. The summed E-state index contributed by atoms with van der Waals surface area (Å²) in [7, 11) is 0. The maximum Gasteiger partial charge on any atom is 0.177 e. The van der Waals surface area contributed by atoms with Crippen molar-refractivity contribution in [2.75, 3.05) is 13.2 Å². The van der Waals surface area contributed by atoms with Crippen molar-refractivity contribution in [1.82, 2.24) is 9.55 Å². The normalized spacial score (nSPS) is 16.8. The molecule has 0 saturated carbocycles. The summed E-state index contributed by atoms with van der Waals surface area (Å²) in [6.07, 6.45) is 3.34. The summed E-state index contributed by atoms with van der Waals surface area (Å²) in [5, 5.41) is 0. The zero-order chi connectivity index (χ0) is 14.1. The number of rotatable bonds is 3. The first-order chi connectivity index (χ1) is 9.70. The number of aromatic amines is 1. The van der Waals surface area contributed by atoms with Crippen molar-refractivity contribution >= 4 is 24.6 Å². The molecule has 3 rings (SSSR count). The van der Waals surface area contributed by atoms with Crippen LogP contribution in [0.15, 0.2) is 24.4 Å². The fourth-order valence-electron chi connectivity index (χ4n) is 2.69. The number of H-pyrrole nitrogens is 1. The minimum absolute atomic E-state index is 0. The molecule has 1 atom stereocenters. The molecule has 0 bridgehead atoms. The minimum Gasteiger partial charge on any atom is -0.488 e. The van der Waals surface area contributed by atoms with Crippen molar-refractivity contribution in [3.63, 3.8) is 0 Å². The van der Waals surface area contributed by atoms with E-state index in [9.17, 15) is 4.39 Å². The molecule has 0 spiro atoms. The van der Waals surface area contributed by atoms with Gasteiger partial charge in [-0.3, -0.25) is 0 Å². The molecule has 1 aliphatic rings. The molecule has 7 heteroatoms. The number of nitrogens with one attached hydrogen (secondary N) is 1.